The van der Waals surface area contributed by atoms with Crippen molar-refractivity contribution in [1.29, 1.82) is 0 Å². The van der Waals surface area contributed by atoms with Crippen molar-refractivity contribution >= 4 is 16.8 Å². The molecular formula is C26H31N3O3. The van der Waals surface area contributed by atoms with Gasteiger partial charge in [-0.3, -0.25) is 9.59 Å². The van der Waals surface area contributed by atoms with Gasteiger partial charge in [0.15, 0.2) is 0 Å². The molecule has 32 heavy (non-hydrogen) atoms. The van der Waals surface area contributed by atoms with E-state index in [-0.39, 0.29) is 23.4 Å². The SMILES string of the molecule is CC(C)n1c(=O)c(C(=O)NC2CCN(CCc3ccccc3)CC2)c(O)c2ccccc21. The molecule has 4 rings (SSSR count). The topological polar surface area (TPSA) is 74.6 Å². The molecule has 1 aliphatic heterocycles. The number of hydrogen-bond acceptors (Lipinski definition) is 4. The van der Waals surface area contributed by atoms with Gasteiger partial charge in [-0.1, -0.05) is 42.5 Å². The fourth-order valence-electron chi connectivity index (χ4n) is 4.56. The van der Waals surface area contributed by atoms with Crippen molar-refractivity contribution in [2.75, 3.05) is 19.6 Å². The highest BCUT2D eigenvalue weighted by atomic mass is 16.3. The Bertz CT molecular complexity index is 1150. The zero-order valence-electron chi connectivity index (χ0n) is 18.8. The van der Waals surface area contributed by atoms with Crippen molar-refractivity contribution in [3.63, 3.8) is 0 Å². The van der Waals surface area contributed by atoms with Crippen LogP contribution >= 0.6 is 0 Å². The summed E-state index contributed by atoms with van der Waals surface area (Å²) in [5.74, 6) is -0.726. The molecule has 1 fully saturated rings. The van der Waals surface area contributed by atoms with Crippen LogP contribution in [0.1, 0.15) is 48.7 Å². The average molecular weight is 434 g/mol. The molecule has 0 spiro atoms. The highest BCUT2D eigenvalue weighted by molar-refractivity contribution is 6.02. The van der Waals surface area contributed by atoms with E-state index in [2.05, 4.69) is 34.5 Å². The minimum atomic E-state index is -0.490. The van der Waals surface area contributed by atoms with Crippen molar-refractivity contribution in [2.45, 2.75) is 45.2 Å². The Morgan fingerprint density at radius 3 is 2.41 bits per heavy atom. The molecule has 0 radical (unpaired) electrons. The Morgan fingerprint density at radius 2 is 1.72 bits per heavy atom. The largest absolute Gasteiger partial charge is 0.506 e. The van der Waals surface area contributed by atoms with Crippen LogP contribution in [-0.2, 0) is 6.42 Å². The number of para-hydroxylation sites is 1. The molecule has 0 unspecified atom stereocenters. The molecular weight excluding hydrogens is 402 g/mol. The van der Waals surface area contributed by atoms with Crippen molar-refractivity contribution in [1.82, 2.24) is 14.8 Å². The molecule has 2 aromatic carbocycles. The maximum absolute atomic E-state index is 13.1. The van der Waals surface area contributed by atoms with Crippen molar-refractivity contribution < 1.29 is 9.90 Å². The monoisotopic (exact) mass is 433 g/mol. The minimum Gasteiger partial charge on any atom is -0.506 e. The maximum Gasteiger partial charge on any atom is 0.267 e. The number of nitrogens with zero attached hydrogens (tertiary/aromatic N) is 2. The number of aromatic nitrogens is 1. The first-order valence-corrected chi connectivity index (χ1v) is 11.4. The number of carbonyl (C=O) groups excluding carboxylic acids is 1. The molecule has 0 bridgehead atoms. The fraction of sp³-hybridized carbons (Fsp3) is 0.385. The van der Waals surface area contributed by atoms with Gasteiger partial charge in [-0.15, -0.1) is 0 Å². The molecule has 2 heterocycles. The van der Waals surface area contributed by atoms with Crippen LogP contribution in [-0.4, -0.2) is 46.2 Å². The van der Waals surface area contributed by atoms with Crippen molar-refractivity contribution in [2.24, 2.45) is 0 Å². The minimum absolute atomic E-state index is 0.00625. The fourth-order valence-corrected chi connectivity index (χ4v) is 4.56. The molecule has 1 aliphatic rings. The number of amides is 1. The number of aromatic hydroxyl groups is 1. The Kier molecular flexibility index (Phi) is 6.61. The highest BCUT2D eigenvalue weighted by Crippen LogP contribution is 2.28. The lowest BCUT2D eigenvalue weighted by Gasteiger charge is -2.32. The van der Waals surface area contributed by atoms with E-state index >= 15 is 0 Å². The first kappa shape index (κ1) is 22.1. The number of piperidine rings is 1. The van der Waals surface area contributed by atoms with Crippen LogP contribution in [0.15, 0.2) is 59.4 Å². The summed E-state index contributed by atoms with van der Waals surface area (Å²) in [6.07, 6.45) is 2.66. The molecule has 168 valence electrons. The second-order valence-electron chi connectivity index (χ2n) is 8.83. The van der Waals surface area contributed by atoms with Gasteiger partial charge < -0.3 is 19.9 Å². The summed E-state index contributed by atoms with van der Waals surface area (Å²) in [4.78, 5) is 28.6. The Labute approximate surface area is 188 Å². The Morgan fingerprint density at radius 1 is 1.06 bits per heavy atom. The smallest absolute Gasteiger partial charge is 0.267 e. The molecule has 1 saturated heterocycles. The molecule has 0 aliphatic carbocycles. The predicted molar refractivity (Wildman–Crippen MR) is 127 cm³/mol. The lowest BCUT2D eigenvalue weighted by atomic mass is 10.0. The third-order valence-electron chi connectivity index (χ3n) is 6.31. The van der Waals surface area contributed by atoms with Crippen LogP contribution < -0.4 is 10.9 Å². The summed E-state index contributed by atoms with van der Waals surface area (Å²) >= 11 is 0. The summed E-state index contributed by atoms with van der Waals surface area (Å²) in [5, 5.41) is 14.3. The number of rotatable bonds is 6. The van der Waals surface area contributed by atoms with E-state index in [1.165, 1.54) is 5.56 Å². The molecule has 1 amide bonds. The summed E-state index contributed by atoms with van der Waals surface area (Å²) < 4.78 is 1.58. The maximum atomic E-state index is 13.1. The predicted octanol–water partition coefficient (Wildman–Crippen LogP) is 3.72. The van der Waals surface area contributed by atoms with Gasteiger partial charge in [0.2, 0.25) is 0 Å². The van der Waals surface area contributed by atoms with Gasteiger partial charge in [-0.25, -0.2) is 0 Å². The molecule has 0 saturated carbocycles. The van der Waals surface area contributed by atoms with Gasteiger partial charge in [0.1, 0.15) is 11.3 Å². The van der Waals surface area contributed by atoms with Gasteiger partial charge in [0, 0.05) is 37.1 Å². The second-order valence-corrected chi connectivity index (χ2v) is 8.83. The molecule has 3 aromatic rings. The number of pyridine rings is 1. The summed E-state index contributed by atoms with van der Waals surface area (Å²) in [6.45, 7) is 6.60. The van der Waals surface area contributed by atoms with Crippen molar-refractivity contribution in [3.8, 4) is 5.75 Å². The van der Waals surface area contributed by atoms with Crippen LogP contribution in [0.5, 0.6) is 5.75 Å². The Balaban J connectivity index is 1.44. The number of likely N-dealkylation sites (tertiary alicyclic amines) is 1. The van der Waals surface area contributed by atoms with Crippen molar-refractivity contribution in [3.05, 3.63) is 76.1 Å². The zero-order chi connectivity index (χ0) is 22.7. The van der Waals surface area contributed by atoms with Gasteiger partial charge in [0.25, 0.3) is 11.5 Å². The normalized spacial score (nSPS) is 15.3. The summed E-state index contributed by atoms with van der Waals surface area (Å²) in [5.41, 5.74) is 1.35. The van der Waals surface area contributed by atoms with E-state index in [0.717, 1.165) is 38.9 Å². The van der Waals surface area contributed by atoms with E-state index in [4.69, 9.17) is 0 Å². The van der Waals surface area contributed by atoms with Crippen LogP contribution in [0, 0.1) is 0 Å². The number of nitrogens with one attached hydrogen (secondary N) is 1. The molecule has 6 heteroatoms. The van der Waals surface area contributed by atoms with Gasteiger partial charge in [-0.05, 0) is 50.8 Å². The summed E-state index contributed by atoms with van der Waals surface area (Å²) in [6, 6.07) is 17.5. The molecule has 6 nitrogen and oxygen atoms in total. The third-order valence-corrected chi connectivity index (χ3v) is 6.31. The van der Waals surface area contributed by atoms with Crippen LogP contribution in [0.2, 0.25) is 0 Å². The second kappa shape index (κ2) is 9.57. The number of carbonyl (C=O) groups is 1. The number of fused-ring (bicyclic) bond motifs is 1. The first-order chi connectivity index (χ1) is 15.5. The van der Waals surface area contributed by atoms with Gasteiger partial charge in [0.05, 0.1) is 5.52 Å². The van der Waals surface area contributed by atoms with E-state index in [1.54, 1.807) is 22.8 Å². The highest BCUT2D eigenvalue weighted by Gasteiger charge is 2.26. The van der Waals surface area contributed by atoms with Crippen LogP contribution in [0.25, 0.3) is 10.9 Å². The number of benzene rings is 2. The Hall–Kier alpha value is -3.12. The summed E-state index contributed by atoms with van der Waals surface area (Å²) in [7, 11) is 0. The molecule has 1 aromatic heterocycles. The van der Waals surface area contributed by atoms with E-state index in [1.807, 2.05) is 26.0 Å². The molecule has 2 N–H and O–H groups in total. The van der Waals surface area contributed by atoms with E-state index in [0.29, 0.717) is 10.9 Å². The van der Waals surface area contributed by atoms with Gasteiger partial charge >= 0.3 is 0 Å². The van der Waals surface area contributed by atoms with Crippen LogP contribution in [0.4, 0.5) is 0 Å². The van der Waals surface area contributed by atoms with Gasteiger partial charge in [-0.2, -0.15) is 0 Å². The lowest BCUT2D eigenvalue weighted by molar-refractivity contribution is 0.0907. The number of hydrogen-bond donors (Lipinski definition) is 2. The lowest BCUT2D eigenvalue weighted by Crippen LogP contribution is -2.46. The zero-order valence-corrected chi connectivity index (χ0v) is 18.8. The third kappa shape index (κ3) is 4.55. The first-order valence-electron chi connectivity index (χ1n) is 11.4. The van der Waals surface area contributed by atoms with Crippen LogP contribution in [0.3, 0.4) is 0 Å². The standard InChI is InChI=1S/C26H31N3O3/c1-18(2)29-22-11-7-6-10-21(22)24(30)23(26(29)32)25(31)27-20-13-16-28(17-14-20)15-12-19-8-4-3-5-9-19/h3-11,18,20,30H,12-17H2,1-2H3,(H,27,31). The quantitative estimate of drug-likeness (QED) is 0.621. The van der Waals surface area contributed by atoms with E-state index in [9.17, 15) is 14.7 Å². The molecule has 0 atom stereocenters. The van der Waals surface area contributed by atoms with E-state index < -0.39 is 11.5 Å². The average Bonchev–Trinajstić information content (AvgIpc) is 2.79.